The number of aromatic amines is 1. The number of fused-ring (bicyclic) bond motifs is 2. The Balaban J connectivity index is 0.866. The lowest BCUT2D eigenvalue weighted by molar-refractivity contribution is -0.384. The van der Waals surface area contributed by atoms with Crippen LogP contribution in [0.25, 0.3) is 11.0 Å². The number of carbonyl (C=O) groups excluding carboxylic acids is 1. The van der Waals surface area contributed by atoms with Gasteiger partial charge >= 0.3 is 0 Å². The number of ether oxygens (including phenoxy) is 2. The monoisotopic (exact) mass is 930 g/mol. The molecule has 3 aliphatic heterocycles. The molecule has 0 radical (unpaired) electrons. The summed E-state index contributed by atoms with van der Waals surface area (Å²) < 4.78 is 42.6. The van der Waals surface area contributed by atoms with Gasteiger partial charge in [-0.05, 0) is 115 Å². The van der Waals surface area contributed by atoms with Crippen LogP contribution in [0, 0.1) is 26.9 Å². The van der Waals surface area contributed by atoms with E-state index < -0.39 is 31.4 Å². The summed E-state index contributed by atoms with van der Waals surface area (Å²) in [7, 11) is -4.66. The van der Waals surface area contributed by atoms with E-state index in [1.807, 2.05) is 6.07 Å². The van der Waals surface area contributed by atoms with Gasteiger partial charge < -0.3 is 30.4 Å². The number of H-pyrrole nitrogens is 1. The minimum atomic E-state index is -4.66. The Kier molecular flexibility index (Phi) is 11.6. The SMILES string of the molecule is CC(C)c1ccccc1[C@@H]1CCCC1N1CC2(CCN(c3ccc(C(=O)NS(=O)(=O)c4cc5c(c([N+](=O)[O-])c4)NC(C4CCC(C)(C)CC4)CO5)c(Oc4cc5cc[nH]c5nc4N)c3)CC2)C1. The van der Waals surface area contributed by atoms with Crippen molar-refractivity contribution >= 4 is 49.8 Å². The number of hydrogen-bond donors (Lipinski definition) is 4. The van der Waals surface area contributed by atoms with E-state index in [-0.39, 0.29) is 63.7 Å². The summed E-state index contributed by atoms with van der Waals surface area (Å²) in [6, 6.07) is 20.3. The molecular formula is C51H62N8O7S. The number of likely N-dealkylation sites (tertiary alicyclic amines) is 1. The highest BCUT2D eigenvalue weighted by molar-refractivity contribution is 7.90. The van der Waals surface area contributed by atoms with Crippen molar-refractivity contribution in [3.8, 4) is 17.2 Å². The molecule has 5 aliphatic rings. The molecule has 2 saturated carbocycles. The standard InChI is InChI=1S/C51H62N8O7S/c1-31(2)36-8-5-6-9-37(36)38-10-7-11-41(38)58-29-51(30-58)19-22-57(23-20-51)34-12-13-39(43(25-34)66-45-24-33-16-21-53-48(33)55-47(45)52)49(60)56-67(63,64)35-26-42(59(61)62)46-44(27-35)65-28-40(54-46)32-14-17-50(3,4)18-15-32/h5-6,8-9,12-13,16,21,24-27,31-32,38,40-41,54H,7,10-11,14-15,17-20,22-23,28-30H2,1-4H3,(H,56,60)(H3,52,53,55)/t38-,40?,41?/m0/s1. The summed E-state index contributed by atoms with van der Waals surface area (Å²) in [6.07, 6.45) is 11.5. The summed E-state index contributed by atoms with van der Waals surface area (Å²) in [5.74, 6) is 0.737. The van der Waals surface area contributed by atoms with Gasteiger partial charge in [-0.2, -0.15) is 0 Å². The predicted molar refractivity (Wildman–Crippen MR) is 260 cm³/mol. The van der Waals surface area contributed by atoms with Crippen LogP contribution in [0.2, 0.25) is 0 Å². The highest BCUT2D eigenvalue weighted by Gasteiger charge is 2.49. The lowest BCUT2D eigenvalue weighted by atomic mass is 9.70. The second-order valence-electron chi connectivity index (χ2n) is 20.9. The minimum absolute atomic E-state index is 0.0407. The van der Waals surface area contributed by atoms with Crippen LogP contribution in [-0.2, 0) is 10.0 Å². The van der Waals surface area contributed by atoms with Crippen LogP contribution in [-0.4, -0.2) is 79.0 Å². The van der Waals surface area contributed by atoms with Crippen molar-refractivity contribution in [3.63, 3.8) is 0 Å². The minimum Gasteiger partial charge on any atom is -0.489 e. The molecule has 5 N–H and O–H groups in total. The summed E-state index contributed by atoms with van der Waals surface area (Å²) in [6.45, 7) is 13.1. The van der Waals surface area contributed by atoms with Crippen LogP contribution < -0.4 is 30.1 Å². The van der Waals surface area contributed by atoms with Gasteiger partial charge in [-0.1, -0.05) is 58.4 Å². The molecule has 2 unspecified atom stereocenters. The number of nitrogens with two attached hydrogens (primary N) is 1. The van der Waals surface area contributed by atoms with Gasteiger partial charge in [0, 0.05) is 67.7 Å². The fraction of sp³-hybridized carbons (Fsp3) is 0.490. The van der Waals surface area contributed by atoms with E-state index in [9.17, 15) is 23.3 Å². The summed E-state index contributed by atoms with van der Waals surface area (Å²) in [5.41, 5.74) is 10.9. The molecule has 1 spiro atoms. The summed E-state index contributed by atoms with van der Waals surface area (Å²) in [5, 5.41) is 16.5. The quantitative estimate of drug-likeness (QED) is 0.0724. The van der Waals surface area contributed by atoms with E-state index >= 15 is 0 Å². The number of anilines is 3. The van der Waals surface area contributed by atoms with Gasteiger partial charge in [0.1, 0.15) is 18.0 Å². The Morgan fingerprint density at radius 1 is 0.985 bits per heavy atom. The van der Waals surface area contributed by atoms with E-state index in [0.29, 0.717) is 23.5 Å². The molecule has 5 heterocycles. The van der Waals surface area contributed by atoms with E-state index in [1.165, 1.54) is 36.5 Å². The zero-order chi connectivity index (χ0) is 46.8. The Morgan fingerprint density at radius 2 is 1.75 bits per heavy atom. The topological polar surface area (TPSA) is 198 Å². The number of hydrogen-bond acceptors (Lipinski definition) is 12. The Morgan fingerprint density at radius 3 is 2.49 bits per heavy atom. The molecule has 2 aromatic heterocycles. The van der Waals surface area contributed by atoms with Gasteiger partial charge in [-0.15, -0.1) is 0 Å². The number of aromatic nitrogens is 2. The second-order valence-corrected chi connectivity index (χ2v) is 22.6. The number of nitro groups is 1. The molecule has 3 aromatic carbocycles. The first-order chi connectivity index (χ1) is 32.1. The number of rotatable bonds is 11. The average molecular weight is 931 g/mol. The van der Waals surface area contributed by atoms with Crippen molar-refractivity contribution in [2.75, 3.05) is 48.7 Å². The molecule has 354 valence electrons. The number of nitrogens with zero attached hydrogens (tertiary/aromatic N) is 4. The Hall–Kier alpha value is -5.87. The van der Waals surface area contributed by atoms with Crippen molar-refractivity contribution in [2.45, 2.75) is 114 Å². The molecule has 2 saturated heterocycles. The Labute approximate surface area is 392 Å². The third kappa shape index (κ3) is 8.78. The first kappa shape index (κ1) is 44.9. The van der Waals surface area contributed by atoms with Crippen molar-refractivity contribution in [1.29, 1.82) is 0 Å². The number of amides is 1. The zero-order valence-electron chi connectivity index (χ0n) is 38.8. The molecular weight excluding hydrogens is 869 g/mol. The number of benzene rings is 3. The van der Waals surface area contributed by atoms with Crippen LogP contribution in [0.3, 0.4) is 0 Å². The largest absolute Gasteiger partial charge is 0.489 e. The third-order valence-electron chi connectivity index (χ3n) is 15.7. The zero-order valence-corrected chi connectivity index (χ0v) is 39.7. The third-order valence-corrected chi connectivity index (χ3v) is 17.0. The molecule has 1 amide bonds. The lowest BCUT2D eigenvalue weighted by Gasteiger charge is -2.57. The van der Waals surface area contributed by atoms with Crippen molar-refractivity contribution in [3.05, 3.63) is 99.7 Å². The van der Waals surface area contributed by atoms with Crippen LogP contribution in [0.4, 0.5) is 22.9 Å². The number of nitrogen functional groups attached to an aromatic ring is 1. The van der Waals surface area contributed by atoms with Gasteiger partial charge in [-0.3, -0.25) is 19.8 Å². The number of piperidine rings is 1. The predicted octanol–water partition coefficient (Wildman–Crippen LogP) is 9.72. The van der Waals surface area contributed by atoms with E-state index in [4.69, 9.17) is 15.2 Å². The highest BCUT2D eigenvalue weighted by Crippen LogP contribution is 2.50. The fourth-order valence-corrected chi connectivity index (χ4v) is 12.7. The maximum absolute atomic E-state index is 14.2. The van der Waals surface area contributed by atoms with Crippen LogP contribution in [0.1, 0.15) is 119 Å². The number of nitrogens with one attached hydrogen (secondary N) is 3. The van der Waals surface area contributed by atoms with Crippen LogP contribution in [0.15, 0.2) is 77.8 Å². The molecule has 5 aromatic rings. The molecule has 10 rings (SSSR count). The van der Waals surface area contributed by atoms with Gasteiger partial charge in [0.05, 0.1) is 21.4 Å². The van der Waals surface area contributed by atoms with Crippen molar-refractivity contribution in [1.82, 2.24) is 19.6 Å². The van der Waals surface area contributed by atoms with Crippen LogP contribution in [0.5, 0.6) is 17.2 Å². The van der Waals surface area contributed by atoms with Crippen molar-refractivity contribution < 1.29 is 27.6 Å². The highest BCUT2D eigenvalue weighted by atomic mass is 32.2. The number of carbonyl (C=O) groups is 1. The second kappa shape index (κ2) is 17.3. The lowest BCUT2D eigenvalue weighted by Crippen LogP contribution is -2.63. The van der Waals surface area contributed by atoms with Gasteiger partial charge in [0.15, 0.2) is 23.0 Å². The number of sulfonamides is 1. The van der Waals surface area contributed by atoms with E-state index in [2.05, 4.69) is 81.8 Å². The first-order valence-corrected chi connectivity index (χ1v) is 25.5. The average Bonchev–Trinajstić information content (AvgIpc) is 3.97. The van der Waals surface area contributed by atoms with Crippen molar-refractivity contribution in [2.24, 2.45) is 16.7 Å². The first-order valence-electron chi connectivity index (χ1n) is 24.0. The van der Waals surface area contributed by atoms with Gasteiger partial charge in [-0.25, -0.2) is 18.1 Å². The number of pyridine rings is 1. The molecule has 3 atom stereocenters. The smallest absolute Gasteiger partial charge is 0.297 e. The van der Waals surface area contributed by atoms with Gasteiger partial charge in [0.25, 0.3) is 21.6 Å². The van der Waals surface area contributed by atoms with E-state index in [1.54, 1.807) is 30.5 Å². The molecule has 4 fully saturated rings. The Bertz CT molecular complexity index is 2820. The fourth-order valence-electron chi connectivity index (χ4n) is 11.7. The van der Waals surface area contributed by atoms with Crippen LogP contribution >= 0.6 is 0 Å². The number of nitro benzene ring substituents is 1. The molecule has 67 heavy (non-hydrogen) atoms. The molecule has 15 nitrogen and oxygen atoms in total. The molecule has 16 heteroatoms. The maximum atomic E-state index is 14.2. The molecule has 0 bridgehead atoms. The maximum Gasteiger partial charge on any atom is 0.297 e. The molecule has 2 aliphatic carbocycles. The summed E-state index contributed by atoms with van der Waals surface area (Å²) in [4.78, 5) is 38.0. The summed E-state index contributed by atoms with van der Waals surface area (Å²) >= 11 is 0. The van der Waals surface area contributed by atoms with E-state index in [0.717, 1.165) is 81.8 Å². The van der Waals surface area contributed by atoms with Gasteiger partial charge in [0.2, 0.25) is 0 Å². The normalized spacial score (nSPS) is 22.8.